The zero-order valence-corrected chi connectivity index (χ0v) is 11.6. The molecule has 0 spiro atoms. The fourth-order valence-electron chi connectivity index (χ4n) is 3.74. The molecule has 2 saturated carbocycles. The van der Waals surface area contributed by atoms with Crippen LogP contribution in [-0.2, 0) is 6.42 Å². The molecular weight excluding hydrogens is 276 g/mol. The number of fused-ring (bicyclic) bond motifs is 2. The number of rotatable bonds is 3. The first-order chi connectivity index (χ1) is 8.22. The van der Waals surface area contributed by atoms with Gasteiger partial charge < -0.3 is 5.73 Å². The lowest BCUT2D eigenvalue weighted by molar-refractivity contribution is 0.279. The first kappa shape index (κ1) is 11.7. The van der Waals surface area contributed by atoms with Crippen molar-refractivity contribution in [2.75, 3.05) is 0 Å². The molecule has 4 unspecified atom stereocenters. The molecule has 0 aromatic carbocycles. The van der Waals surface area contributed by atoms with E-state index in [1.807, 2.05) is 6.20 Å². The minimum Gasteiger partial charge on any atom is -0.327 e. The fraction of sp³-hybridized carbons (Fsp3) is 0.643. The van der Waals surface area contributed by atoms with E-state index in [0.29, 0.717) is 6.04 Å². The summed E-state index contributed by atoms with van der Waals surface area (Å²) in [6, 6.07) is 4.44. The van der Waals surface area contributed by atoms with Crippen molar-refractivity contribution in [1.29, 1.82) is 0 Å². The number of nitrogens with zero attached hydrogens (tertiary/aromatic N) is 1. The van der Waals surface area contributed by atoms with E-state index in [1.165, 1.54) is 25.7 Å². The Morgan fingerprint density at radius 3 is 2.82 bits per heavy atom. The van der Waals surface area contributed by atoms with Crippen LogP contribution >= 0.6 is 15.9 Å². The molecule has 1 heterocycles. The van der Waals surface area contributed by atoms with Crippen molar-refractivity contribution in [3.8, 4) is 0 Å². The summed E-state index contributed by atoms with van der Waals surface area (Å²) < 4.78 is 1.04. The van der Waals surface area contributed by atoms with Crippen molar-refractivity contribution in [2.24, 2.45) is 23.5 Å². The average Bonchev–Trinajstić information content (AvgIpc) is 2.94. The Bertz CT molecular complexity index is 390. The zero-order valence-electron chi connectivity index (χ0n) is 9.98. The quantitative estimate of drug-likeness (QED) is 0.930. The Morgan fingerprint density at radius 1 is 1.35 bits per heavy atom. The van der Waals surface area contributed by atoms with E-state index in [-0.39, 0.29) is 0 Å². The van der Waals surface area contributed by atoms with E-state index in [9.17, 15) is 0 Å². The minimum atomic E-state index is 0.305. The molecular formula is C14H19BrN2. The fourth-order valence-corrected chi connectivity index (χ4v) is 3.97. The predicted octanol–water partition coefficient (Wildman–Crippen LogP) is 3.15. The average molecular weight is 295 g/mol. The Kier molecular flexibility index (Phi) is 3.22. The molecule has 0 amide bonds. The summed E-state index contributed by atoms with van der Waals surface area (Å²) in [7, 11) is 0. The predicted molar refractivity (Wildman–Crippen MR) is 72.6 cm³/mol. The van der Waals surface area contributed by atoms with E-state index in [2.05, 4.69) is 33.0 Å². The zero-order chi connectivity index (χ0) is 11.8. The van der Waals surface area contributed by atoms with Crippen molar-refractivity contribution >= 4 is 15.9 Å². The van der Waals surface area contributed by atoms with Gasteiger partial charge in [0.05, 0.1) is 0 Å². The number of halogens is 1. The van der Waals surface area contributed by atoms with Crippen molar-refractivity contribution in [2.45, 2.75) is 38.1 Å². The normalized spacial score (nSPS) is 32.9. The van der Waals surface area contributed by atoms with Gasteiger partial charge in [-0.2, -0.15) is 0 Å². The molecule has 0 aliphatic heterocycles. The van der Waals surface area contributed by atoms with E-state index in [1.54, 1.807) is 0 Å². The van der Waals surface area contributed by atoms with Gasteiger partial charge in [0, 0.05) is 28.8 Å². The Hall–Kier alpha value is -0.410. The van der Waals surface area contributed by atoms with Crippen molar-refractivity contribution < 1.29 is 0 Å². The van der Waals surface area contributed by atoms with Gasteiger partial charge in [-0.3, -0.25) is 4.98 Å². The van der Waals surface area contributed by atoms with Gasteiger partial charge in [0.1, 0.15) is 0 Å². The van der Waals surface area contributed by atoms with Crippen LogP contribution in [0, 0.1) is 17.8 Å². The highest BCUT2D eigenvalue weighted by molar-refractivity contribution is 9.10. The van der Waals surface area contributed by atoms with Gasteiger partial charge >= 0.3 is 0 Å². The lowest BCUT2D eigenvalue weighted by Crippen LogP contribution is -2.35. The minimum absolute atomic E-state index is 0.305. The summed E-state index contributed by atoms with van der Waals surface area (Å²) in [6.45, 7) is 0. The standard InChI is InChI=1S/C14H19BrN2/c15-11-3-4-12(17-8-11)7-14(16)13-6-9-1-2-10(13)5-9/h3-4,8-10,13-14H,1-2,5-7,16H2. The molecule has 2 N–H and O–H groups in total. The third-order valence-corrected chi connectivity index (χ3v) is 5.05. The first-order valence-electron chi connectivity index (χ1n) is 6.58. The lowest BCUT2D eigenvalue weighted by Gasteiger charge is -2.27. The van der Waals surface area contributed by atoms with E-state index in [4.69, 9.17) is 5.73 Å². The molecule has 1 aromatic heterocycles. The van der Waals surface area contributed by atoms with Gasteiger partial charge in [-0.05, 0) is 65.1 Å². The second kappa shape index (κ2) is 4.69. The summed E-state index contributed by atoms with van der Waals surface area (Å²) in [5, 5.41) is 0. The Morgan fingerprint density at radius 2 is 2.24 bits per heavy atom. The smallest absolute Gasteiger partial charge is 0.0420 e. The maximum atomic E-state index is 6.38. The van der Waals surface area contributed by atoms with Crippen LogP contribution in [0.3, 0.4) is 0 Å². The van der Waals surface area contributed by atoms with Crippen LogP contribution < -0.4 is 5.73 Å². The Labute approximate surface area is 111 Å². The highest BCUT2D eigenvalue weighted by Gasteiger charge is 2.41. The molecule has 2 bridgehead atoms. The van der Waals surface area contributed by atoms with Crippen LogP contribution in [0.25, 0.3) is 0 Å². The molecule has 3 heteroatoms. The van der Waals surface area contributed by atoms with Crippen LogP contribution in [0.15, 0.2) is 22.8 Å². The lowest BCUT2D eigenvalue weighted by atomic mass is 9.82. The van der Waals surface area contributed by atoms with Crippen LogP contribution in [0.4, 0.5) is 0 Å². The topological polar surface area (TPSA) is 38.9 Å². The number of nitrogens with two attached hydrogens (primary N) is 1. The number of hydrogen-bond acceptors (Lipinski definition) is 2. The second-order valence-electron chi connectivity index (χ2n) is 5.67. The number of pyridine rings is 1. The van der Waals surface area contributed by atoms with Gasteiger partial charge in [0.2, 0.25) is 0 Å². The summed E-state index contributed by atoms with van der Waals surface area (Å²) in [4.78, 5) is 4.42. The molecule has 17 heavy (non-hydrogen) atoms. The van der Waals surface area contributed by atoms with Crippen molar-refractivity contribution in [3.05, 3.63) is 28.5 Å². The van der Waals surface area contributed by atoms with Crippen molar-refractivity contribution in [1.82, 2.24) is 4.98 Å². The van der Waals surface area contributed by atoms with E-state index in [0.717, 1.165) is 34.3 Å². The van der Waals surface area contributed by atoms with Gasteiger partial charge in [0.25, 0.3) is 0 Å². The van der Waals surface area contributed by atoms with Crippen LogP contribution in [-0.4, -0.2) is 11.0 Å². The first-order valence-corrected chi connectivity index (χ1v) is 7.37. The highest BCUT2D eigenvalue weighted by atomic mass is 79.9. The van der Waals surface area contributed by atoms with E-state index < -0.39 is 0 Å². The molecule has 0 radical (unpaired) electrons. The van der Waals surface area contributed by atoms with E-state index >= 15 is 0 Å². The number of hydrogen-bond donors (Lipinski definition) is 1. The van der Waals surface area contributed by atoms with Crippen LogP contribution in [0.5, 0.6) is 0 Å². The van der Waals surface area contributed by atoms with Crippen LogP contribution in [0.1, 0.15) is 31.4 Å². The third kappa shape index (κ3) is 2.41. The molecule has 92 valence electrons. The molecule has 3 rings (SSSR count). The van der Waals surface area contributed by atoms with Gasteiger partial charge in [-0.15, -0.1) is 0 Å². The monoisotopic (exact) mass is 294 g/mol. The highest BCUT2D eigenvalue weighted by Crippen LogP contribution is 2.49. The SMILES string of the molecule is NC(Cc1ccc(Br)cn1)C1CC2CCC1C2. The summed E-state index contributed by atoms with van der Waals surface area (Å²) in [6.07, 6.45) is 8.46. The molecule has 0 saturated heterocycles. The summed E-state index contributed by atoms with van der Waals surface area (Å²) in [5.41, 5.74) is 7.51. The molecule has 2 aliphatic carbocycles. The second-order valence-corrected chi connectivity index (χ2v) is 6.59. The van der Waals surface area contributed by atoms with Gasteiger partial charge in [0.15, 0.2) is 0 Å². The number of aromatic nitrogens is 1. The summed E-state index contributed by atoms with van der Waals surface area (Å²) in [5.74, 6) is 2.64. The van der Waals surface area contributed by atoms with Crippen molar-refractivity contribution in [3.63, 3.8) is 0 Å². The third-order valence-electron chi connectivity index (χ3n) is 4.58. The maximum absolute atomic E-state index is 6.38. The largest absolute Gasteiger partial charge is 0.327 e. The maximum Gasteiger partial charge on any atom is 0.0420 e. The molecule has 4 atom stereocenters. The molecule has 2 fully saturated rings. The molecule has 1 aromatic rings. The summed E-state index contributed by atoms with van der Waals surface area (Å²) >= 11 is 3.41. The molecule has 2 nitrogen and oxygen atoms in total. The van der Waals surface area contributed by atoms with Crippen LogP contribution in [0.2, 0.25) is 0 Å². The van der Waals surface area contributed by atoms with Gasteiger partial charge in [-0.25, -0.2) is 0 Å². The molecule has 2 aliphatic rings. The van der Waals surface area contributed by atoms with Gasteiger partial charge in [-0.1, -0.05) is 6.42 Å². The Balaban J connectivity index is 1.63.